The lowest BCUT2D eigenvalue weighted by Crippen LogP contribution is -2.25. The van der Waals surface area contributed by atoms with Crippen molar-refractivity contribution in [2.75, 3.05) is 46.4 Å². The minimum atomic E-state index is -0.0509. The third kappa shape index (κ3) is 5.91. The number of likely N-dealkylation sites (N-methyl/N-ethyl adjacent to an activating group) is 1. The van der Waals surface area contributed by atoms with Crippen molar-refractivity contribution < 1.29 is 9.84 Å². The minimum Gasteiger partial charge on any atom is -0.476 e. The van der Waals surface area contributed by atoms with E-state index in [-0.39, 0.29) is 6.10 Å². The highest BCUT2D eigenvalue weighted by Gasteiger charge is 2.15. The summed E-state index contributed by atoms with van der Waals surface area (Å²) in [5.41, 5.74) is 0.974. The Hall–Kier alpha value is -1.21. The molecule has 2 aromatic rings. The third-order valence-corrected chi connectivity index (χ3v) is 5.34. The lowest BCUT2D eigenvalue weighted by molar-refractivity contribution is 0.183. The maximum atomic E-state index is 8.86. The van der Waals surface area contributed by atoms with Gasteiger partial charge in [-0.15, -0.1) is 0 Å². The molecule has 2 aliphatic rings. The number of fused-ring (bicyclic) bond motifs is 1. The zero-order chi connectivity index (χ0) is 18.4. The van der Waals surface area contributed by atoms with Gasteiger partial charge in [-0.2, -0.15) is 0 Å². The molecule has 2 fully saturated rings. The van der Waals surface area contributed by atoms with Gasteiger partial charge in [-0.1, -0.05) is 15.9 Å². The minimum absolute atomic E-state index is 0.0509. The number of rotatable bonds is 4. The molecule has 1 atom stereocenters. The van der Waals surface area contributed by atoms with Gasteiger partial charge in [-0.05, 0) is 63.7 Å². The van der Waals surface area contributed by atoms with E-state index < -0.39 is 0 Å². The summed E-state index contributed by atoms with van der Waals surface area (Å²) in [4.78, 5) is 9.09. The molecule has 2 aliphatic heterocycles. The number of likely N-dealkylation sites (tertiary alicyclic amines) is 2. The largest absolute Gasteiger partial charge is 0.476 e. The van der Waals surface area contributed by atoms with E-state index in [4.69, 9.17) is 9.84 Å². The topological polar surface area (TPSA) is 48.8 Å². The average Bonchev–Trinajstić information content (AvgIpc) is 3.27. The van der Waals surface area contributed by atoms with Gasteiger partial charge in [0.25, 0.3) is 0 Å². The highest BCUT2D eigenvalue weighted by atomic mass is 79.9. The zero-order valence-electron chi connectivity index (χ0n) is 15.4. The lowest BCUT2D eigenvalue weighted by atomic mass is 10.2. The first kappa shape index (κ1) is 19.5. The fourth-order valence-electron chi connectivity index (χ4n) is 3.36. The molecule has 0 radical (unpaired) electrons. The molecule has 0 saturated carbocycles. The van der Waals surface area contributed by atoms with Crippen LogP contribution in [0.4, 0.5) is 0 Å². The van der Waals surface area contributed by atoms with Crippen LogP contribution in [0, 0.1) is 0 Å². The number of aromatic nitrogens is 1. The van der Waals surface area contributed by atoms with E-state index in [2.05, 4.69) is 42.8 Å². The molecule has 1 aromatic carbocycles. The van der Waals surface area contributed by atoms with Gasteiger partial charge in [-0.25, -0.2) is 4.98 Å². The number of ether oxygens (including phenoxy) is 1. The number of halogens is 1. The van der Waals surface area contributed by atoms with Gasteiger partial charge < -0.3 is 14.7 Å². The summed E-state index contributed by atoms with van der Waals surface area (Å²) < 4.78 is 6.82. The molecular weight excluding hydrogens is 394 g/mol. The quantitative estimate of drug-likeness (QED) is 0.821. The Bertz CT molecular complexity index is 699. The van der Waals surface area contributed by atoms with E-state index in [9.17, 15) is 0 Å². The van der Waals surface area contributed by atoms with Crippen molar-refractivity contribution in [1.29, 1.82) is 0 Å². The van der Waals surface area contributed by atoms with Crippen LogP contribution in [-0.2, 0) is 0 Å². The summed E-state index contributed by atoms with van der Waals surface area (Å²) in [5.74, 6) is 0.717. The first-order valence-corrected chi connectivity index (χ1v) is 10.2. The molecule has 3 heterocycles. The standard InChI is InChI=1S/C15H17BrN2O.C5H11NO/c16-13-4-5-14-12(11-13)3-6-15(17-14)19-10-9-18-7-1-2-8-18;1-6-3-2-5(7)4-6/h3-6,11H,1-2,7-10H2;5,7H,2-4H2,1H3/t;5-/m.1/s1. The number of aliphatic hydroxyl groups is 1. The second kappa shape index (κ2) is 9.65. The van der Waals surface area contributed by atoms with Crippen LogP contribution in [0.1, 0.15) is 19.3 Å². The summed E-state index contributed by atoms with van der Waals surface area (Å²) in [6.45, 7) is 6.06. The Morgan fingerprint density at radius 2 is 2.00 bits per heavy atom. The maximum absolute atomic E-state index is 8.86. The van der Waals surface area contributed by atoms with Crippen LogP contribution in [0.3, 0.4) is 0 Å². The van der Waals surface area contributed by atoms with Crippen molar-refractivity contribution in [3.05, 3.63) is 34.8 Å². The van der Waals surface area contributed by atoms with E-state index in [1.54, 1.807) is 0 Å². The van der Waals surface area contributed by atoms with Crippen LogP contribution >= 0.6 is 15.9 Å². The van der Waals surface area contributed by atoms with Gasteiger partial charge >= 0.3 is 0 Å². The van der Waals surface area contributed by atoms with Gasteiger partial charge in [0.1, 0.15) is 6.61 Å². The fourth-order valence-corrected chi connectivity index (χ4v) is 3.73. The highest BCUT2D eigenvalue weighted by Crippen LogP contribution is 2.21. The van der Waals surface area contributed by atoms with Crippen molar-refractivity contribution >= 4 is 26.8 Å². The normalized spacial score (nSPS) is 21.0. The molecule has 0 bridgehead atoms. The molecule has 26 heavy (non-hydrogen) atoms. The first-order valence-electron chi connectivity index (χ1n) is 9.38. The van der Waals surface area contributed by atoms with Crippen LogP contribution in [0.25, 0.3) is 10.9 Å². The lowest BCUT2D eigenvalue weighted by Gasteiger charge is -2.14. The van der Waals surface area contributed by atoms with E-state index >= 15 is 0 Å². The van der Waals surface area contributed by atoms with E-state index in [1.807, 2.05) is 25.2 Å². The number of pyridine rings is 1. The molecule has 0 unspecified atom stereocenters. The van der Waals surface area contributed by atoms with Gasteiger partial charge in [0.05, 0.1) is 11.6 Å². The molecule has 1 N–H and O–H groups in total. The monoisotopic (exact) mass is 421 g/mol. The second-order valence-corrected chi connectivity index (χ2v) is 8.00. The van der Waals surface area contributed by atoms with E-state index in [0.717, 1.165) is 48.0 Å². The van der Waals surface area contributed by atoms with Crippen molar-refractivity contribution in [2.45, 2.75) is 25.4 Å². The van der Waals surface area contributed by atoms with Crippen molar-refractivity contribution in [2.24, 2.45) is 0 Å². The SMILES string of the molecule is Brc1ccc2nc(OCCN3CCCC3)ccc2c1.CN1CC[C@@H](O)C1. The number of aliphatic hydroxyl groups excluding tert-OH is 1. The number of hydrogen-bond donors (Lipinski definition) is 1. The Morgan fingerprint density at radius 1 is 1.19 bits per heavy atom. The summed E-state index contributed by atoms with van der Waals surface area (Å²) in [6, 6.07) is 10.1. The highest BCUT2D eigenvalue weighted by molar-refractivity contribution is 9.10. The zero-order valence-corrected chi connectivity index (χ0v) is 17.0. The van der Waals surface area contributed by atoms with Gasteiger partial charge in [0, 0.05) is 35.6 Å². The number of benzene rings is 1. The number of β-amino-alcohol motifs (C(OH)–C–C–N with tert-alkyl or cyclic N) is 1. The molecule has 0 spiro atoms. The average molecular weight is 422 g/mol. The molecule has 6 heteroatoms. The van der Waals surface area contributed by atoms with Crippen LogP contribution in [0.2, 0.25) is 0 Å². The van der Waals surface area contributed by atoms with Crippen LogP contribution in [0.15, 0.2) is 34.8 Å². The Kier molecular flexibility index (Phi) is 7.25. The van der Waals surface area contributed by atoms with Crippen molar-refractivity contribution in [1.82, 2.24) is 14.8 Å². The van der Waals surface area contributed by atoms with Crippen LogP contribution < -0.4 is 4.74 Å². The van der Waals surface area contributed by atoms with Gasteiger partial charge in [-0.3, -0.25) is 4.90 Å². The molecule has 2 saturated heterocycles. The van der Waals surface area contributed by atoms with Gasteiger partial charge in [0.15, 0.2) is 0 Å². The van der Waals surface area contributed by atoms with Crippen LogP contribution in [-0.4, -0.2) is 72.4 Å². The first-order chi connectivity index (χ1) is 12.6. The molecule has 1 aromatic heterocycles. The molecule has 4 rings (SSSR count). The second-order valence-electron chi connectivity index (χ2n) is 7.09. The maximum Gasteiger partial charge on any atom is 0.213 e. The molecule has 0 aliphatic carbocycles. The summed E-state index contributed by atoms with van der Waals surface area (Å²) >= 11 is 3.47. The Balaban J connectivity index is 0.000000236. The van der Waals surface area contributed by atoms with E-state index in [0.29, 0.717) is 5.88 Å². The molecule has 5 nitrogen and oxygen atoms in total. The Labute approximate surface area is 164 Å². The van der Waals surface area contributed by atoms with Crippen molar-refractivity contribution in [3.63, 3.8) is 0 Å². The molecular formula is C20H28BrN3O2. The molecule has 0 amide bonds. The Morgan fingerprint density at radius 3 is 2.65 bits per heavy atom. The third-order valence-electron chi connectivity index (χ3n) is 4.85. The van der Waals surface area contributed by atoms with Crippen LogP contribution in [0.5, 0.6) is 5.88 Å². The summed E-state index contributed by atoms with van der Waals surface area (Å²) in [6.07, 6.45) is 3.55. The number of nitrogens with zero attached hydrogens (tertiary/aromatic N) is 3. The summed E-state index contributed by atoms with van der Waals surface area (Å²) in [5, 5.41) is 9.98. The fraction of sp³-hybridized carbons (Fsp3) is 0.550. The summed E-state index contributed by atoms with van der Waals surface area (Å²) in [7, 11) is 2.02. The van der Waals surface area contributed by atoms with Gasteiger partial charge in [0.2, 0.25) is 5.88 Å². The smallest absolute Gasteiger partial charge is 0.213 e. The van der Waals surface area contributed by atoms with E-state index in [1.165, 1.54) is 25.9 Å². The predicted molar refractivity (Wildman–Crippen MR) is 109 cm³/mol. The predicted octanol–water partition coefficient (Wildman–Crippen LogP) is 3.15. The van der Waals surface area contributed by atoms with Crippen molar-refractivity contribution in [3.8, 4) is 5.88 Å². The number of hydrogen-bond acceptors (Lipinski definition) is 5. The molecule has 142 valence electrons.